The molecule has 0 radical (unpaired) electrons. The van der Waals surface area contributed by atoms with Gasteiger partial charge in [0.25, 0.3) is 0 Å². The van der Waals surface area contributed by atoms with E-state index in [0.717, 1.165) is 13.2 Å². The van der Waals surface area contributed by atoms with Crippen LogP contribution in [0.4, 0.5) is 0 Å². The van der Waals surface area contributed by atoms with Gasteiger partial charge in [0.05, 0.1) is 19.3 Å². The summed E-state index contributed by atoms with van der Waals surface area (Å²) >= 11 is 0. The van der Waals surface area contributed by atoms with E-state index in [1.807, 2.05) is 0 Å². The molecule has 0 bridgehead atoms. The second kappa shape index (κ2) is 3.32. The van der Waals surface area contributed by atoms with E-state index in [4.69, 9.17) is 9.84 Å². The molecule has 1 rings (SSSR count). The van der Waals surface area contributed by atoms with Crippen molar-refractivity contribution in [3.8, 4) is 0 Å². The summed E-state index contributed by atoms with van der Waals surface area (Å²) in [7, 11) is 2.05. The third-order valence-electron chi connectivity index (χ3n) is 2.02. The molecule has 0 spiro atoms. The normalized spacial score (nSPS) is 36.3. The van der Waals surface area contributed by atoms with Gasteiger partial charge in [-0.15, -0.1) is 0 Å². The van der Waals surface area contributed by atoms with Crippen LogP contribution in [0.25, 0.3) is 0 Å². The van der Waals surface area contributed by atoms with E-state index < -0.39 is 0 Å². The van der Waals surface area contributed by atoms with E-state index in [1.54, 1.807) is 0 Å². The van der Waals surface area contributed by atoms with E-state index in [0.29, 0.717) is 6.04 Å². The Bertz CT molecular complexity index is 108. The summed E-state index contributed by atoms with van der Waals surface area (Å²) in [6.45, 7) is 3.84. The predicted octanol–water partition coefficient (Wildman–Crippen LogP) is -0.302. The van der Waals surface area contributed by atoms with Crippen LogP contribution in [0, 0.1) is 0 Å². The summed E-state index contributed by atoms with van der Waals surface area (Å²) < 4.78 is 5.32. The molecule has 0 amide bonds. The standard InChI is InChI=1S/C7H15NO2/c1-6-5-10-7(4-9)3-8(6)2/h6-7,9H,3-5H2,1-2H3/t6-,7+/m0/s1. The summed E-state index contributed by atoms with van der Waals surface area (Å²) in [5, 5.41) is 8.74. The van der Waals surface area contributed by atoms with Crippen LogP contribution in [0.3, 0.4) is 0 Å². The van der Waals surface area contributed by atoms with Crippen LogP contribution >= 0.6 is 0 Å². The Kier molecular flexibility index (Phi) is 2.65. The highest BCUT2D eigenvalue weighted by Gasteiger charge is 2.21. The van der Waals surface area contributed by atoms with Crippen molar-refractivity contribution < 1.29 is 9.84 Å². The van der Waals surface area contributed by atoms with Crippen LogP contribution in [-0.2, 0) is 4.74 Å². The van der Waals surface area contributed by atoms with Crippen molar-refractivity contribution >= 4 is 0 Å². The molecular weight excluding hydrogens is 130 g/mol. The number of ether oxygens (including phenoxy) is 1. The second-order valence-electron chi connectivity index (χ2n) is 2.93. The van der Waals surface area contributed by atoms with Gasteiger partial charge in [-0.2, -0.15) is 0 Å². The molecule has 10 heavy (non-hydrogen) atoms. The minimum Gasteiger partial charge on any atom is -0.394 e. The number of morpholine rings is 1. The average Bonchev–Trinajstić information content (AvgIpc) is 1.95. The maximum absolute atomic E-state index is 8.74. The van der Waals surface area contributed by atoms with Crippen LogP contribution in [-0.4, -0.2) is 49.0 Å². The molecule has 0 aromatic heterocycles. The van der Waals surface area contributed by atoms with Crippen molar-refractivity contribution in [3.63, 3.8) is 0 Å². The van der Waals surface area contributed by atoms with Crippen LogP contribution in [0.5, 0.6) is 0 Å². The first-order valence-corrected chi connectivity index (χ1v) is 3.66. The Morgan fingerprint density at radius 1 is 1.70 bits per heavy atom. The number of aliphatic hydroxyl groups is 1. The van der Waals surface area contributed by atoms with Gasteiger partial charge in [-0.25, -0.2) is 0 Å². The summed E-state index contributed by atoms with van der Waals surface area (Å²) in [4.78, 5) is 2.20. The summed E-state index contributed by atoms with van der Waals surface area (Å²) in [6, 6.07) is 0.489. The van der Waals surface area contributed by atoms with E-state index in [1.165, 1.54) is 0 Å². The maximum atomic E-state index is 8.74. The molecule has 1 fully saturated rings. The molecule has 3 heteroatoms. The van der Waals surface area contributed by atoms with Crippen LogP contribution in [0.2, 0.25) is 0 Å². The molecule has 1 N–H and O–H groups in total. The Morgan fingerprint density at radius 3 is 2.90 bits per heavy atom. The van der Waals surface area contributed by atoms with Gasteiger partial charge in [0, 0.05) is 12.6 Å². The molecule has 0 aliphatic carbocycles. The molecular formula is C7H15NO2. The molecule has 0 aromatic carbocycles. The third kappa shape index (κ3) is 1.68. The van der Waals surface area contributed by atoms with Crippen LogP contribution < -0.4 is 0 Å². The summed E-state index contributed by atoms with van der Waals surface area (Å²) in [5.74, 6) is 0. The first-order valence-electron chi connectivity index (χ1n) is 3.66. The van der Waals surface area contributed by atoms with Gasteiger partial charge in [0.1, 0.15) is 0 Å². The van der Waals surface area contributed by atoms with Crippen molar-refractivity contribution in [1.29, 1.82) is 0 Å². The SMILES string of the molecule is C[C@H]1CO[C@@H](CO)CN1C. The largest absolute Gasteiger partial charge is 0.394 e. The second-order valence-corrected chi connectivity index (χ2v) is 2.93. The van der Waals surface area contributed by atoms with Gasteiger partial charge in [-0.05, 0) is 14.0 Å². The fourth-order valence-electron chi connectivity index (χ4n) is 1.07. The number of hydrogen-bond donors (Lipinski definition) is 1. The van der Waals surface area contributed by atoms with Crippen molar-refractivity contribution in [2.45, 2.75) is 19.1 Å². The third-order valence-corrected chi connectivity index (χ3v) is 2.02. The fourth-order valence-corrected chi connectivity index (χ4v) is 1.07. The molecule has 0 saturated carbocycles. The lowest BCUT2D eigenvalue weighted by atomic mass is 10.2. The highest BCUT2D eigenvalue weighted by atomic mass is 16.5. The van der Waals surface area contributed by atoms with Gasteiger partial charge in [-0.3, -0.25) is 4.90 Å². The van der Waals surface area contributed by atoms with Gasteiger partial charge in [-0.1, -0.05) is 0 Å². The maximum Gasteiger partial charge on any atom is 0.0933 e. The molecule has 1 heterocycles. The lowest BCUT2D eigenvalue weighted by Gasteiger charge is -2.34. The zero-order chi connectivity index (χ0) is 7.56. The molecule has 60 valence electrons. The fraction of sp³-hybridized carbons (Fsp3) is 1.00. The van der Waals surface area contributed by atoms with Crippen molar-refractivity contribution in [2.24, 2.45) is 0 Å². The first-order chi connectivity index (χ1) is 4.74. The monoisotopic (exact) mass is 145 g/mol. The quantitative estimate of drug-likeness (QED) is 0.550. The number of aliphatic hydroxyl groups excluding tert-OH is 1. The van der Waals surface area contributed by atoms with Gasteiger partial charge in [0.2, 0.25) is 0 Å². The molecule has 0 aromatic rings. The summed E-state index contributed by atoms with van der Waals surface area (Å²) in [6.07, 6.45) is 0.0289. The number of hydrogen-bond acceptors (Lipinski definition) is 3. The Balaban J connectivity index is 2.33. The number of rotatable bonds is 1. The minimum absolute atomic E-state index is 0.0289. The lowest BCUT2D eigenvalue weighted by molar-refractivity contribution is -0.0694. The van der Waals surface area contributed by atoms with Crippen molar-refractivity contribution in [3.05, 3.63) is 0 Å². The van der Waals surface area contributed by atoms with E-state index in [2.05, 4.69) is 18.9 Å². The van der Waals surface area contributed by atoms with E-state index >= 15 is 0 Å². The van der Waals surface area contributed by atoms with E-state index in [-0.39, 0.29) is 12.7 Å². The zero-order valence-electron chi connectivity index (χ0n) is 6.58. The highest BCUT2D eigenvalue weighted by molar-refractivity contribution is 4.73. The van der Waals surface area contributed by atoms with Crippen molar-refractivity contribution in [1.82, 2.24) is 4.90 Å². The Morgan fingerprint density at radius 2 is 2.40 bits per heavy atom. The van der Waals surface area contributed by atoms with E-state index in [9.17, 15) is 0 Å². The van der Waals surface area contributed by atoms with Crippen LogP contribution in [0.1, 0.15) is 6.92 Å². The van der Waals surface area contributed by atoms with Gasteiger partial charge >= 0.3 is 0 Å². The minimum atomic E-state index is 0.0289. The van der Waals surface area contributed by atoms with Gasteiger partial charge < -0.3 is 9.84 Å². The molecule has 3 nitrogen and oxygen atoms in total. The average molecular weight is 145 g/mol. The molecule has 0 unspecified atom stereocenters. The topological polar surface area (TPSA) is 32.7 Å². The molecule has 1 aliphatic heterocycles. The molecule has 1 aliphatic rings. The zero-order valence-corrected chi connectivity index (χ0v) is 6.58. The molecule has 2 atom stereocenters. The Hall–Kier alpha value is -0.120. The predicted molar refractivity (Wildman–Crippen MR) is 38.9 cm³/mol. The number of nitrogens with zero attached hydrogens (tertiary/aromatic N) is 1. The van der Waals surface area contributed by atoms with Crippen molar-refractivity contribution in [2.75, 3.05) is 26.8 Å². The first kappa shape index (κ1) is 7.98. The lowest BCUT2D eigenvalue weighted by Crippen LogP contribution is -2.47. The number of likely N-dealkylation sites (N-methyl/N-ethyl adjacent to an activating group) is 1. The van der Waals surface area contributed by atoms with Gasteiger partial charge in [0.15, 0.2) is 0 Å². The van der Waals surface area contributed by atoms with Crippen LogP contribution in [0.15, 0.2) is 0 Å². The Labute approximate surface area is 61.6 Å². The molecule has 1 saturated heterocycles. The smallest absolute Gasteiger partial charge is 0.0933 e. The highest BCUT2D eigenvalue weighted by Crippen LogP contribution is 2.07. The summed E-state index contributed by atoms with van der Waals surface area (Å²) in [5.41, 5.74) is 0.